The first-order valence-electron chi connectivity index (χ1n) is 6.42. The molecule has 2 amide bonds. The summed E-state index contributed by atoms with van der Waals surface area (Å²) < 4.78 is 25.9. The van der Waals surface area contributed by atoms with Gasteiger partial charge in [-0.25, -0.2) is 17.5 Å². The lowest BCUT2D eigenvalue weighted by molar-refractivity contribution is 0.208. The second-order valence-corrected chi connectivity index (χ2v) is 6.56. The van der Waals surface area contributed by atoms with E-state index >= 15 is 0 Å². The highest BCUT2D eigenvalue weighted by Crippen LogP contribution is 2.27. The molecule has 0 heterocycles. The number of nitrogens with zero attached hydrogens (tertiary/aromatic N) is 1. The Morgan fingerprint density at radius 1 is 1.11 bits per heavy atom. The van der Waals surface area contributed by atoms with Gasteiger partial charge in [-0.15, -0.1) is 0 Å². The standard InChI is InChI=1S/C13H18N2O3S/c14-13(16)15(11-7-3-1-4-8-11)19(17,18)12-9-5-2-6-10-12/h2,5-6,9-11H,1,3-4,7-8H2,(H2,14,16). The molecule has 6 heteroatoms. The Kier molecular flexibility index (Phi) is 4.09. The van der Waals surface area contributed by atoms with Crippen LogP contribution >= 0.6 is 0 Å². The van der Waals surface area contributed by atoms with E-state index in [1.807, 2.05) is 0 Å². The van der Waals surface area contributed by atoms with E-state index in [2.05, 4.69) is 0 Å². The van der Waals surface area contributed by atoms with Crippen molar-refractivity contribution in [1.82, 2.24) is 4.31 Å². The van der Waals surface area contributed by atoms with Crippen LogP contribution in [0.5, 0.6) is 0 Å². The van der Waals surface area contributed by atoms with Crippen LogP contribution in [-0.2, 0) is 10.0 Å². The zero-order valence-corrected chi connectivity index (χ0v) is 11.5. The lowest BCUT2D eigenvalue weighted by Crippen LogP contribution is -2.48. The topological polar surface area (TPSA) is 80.5 Å². The monoisotopic (exact) mass is 282 g/mol. The summed E-state index contributed by atoms with van der Waals surface area (Å²) in [5.41, 5.74) is 5.30. The molecule has 19 heavy (non-hydrogen) atoms. The maximum Gasteiger partial charge on any atom is 0.328 e. The van der Waals surface area contributed by atoms with Gasteiger partial charge in [0.1, 0.15) is 0 Å². The summed E-state index contributed by atoms with van der Waals surface area (Å²) in [5.74, 6) is 0. The van der Waals surface area contributed by atoms with E-state index in [-0.39, 0.29) is 10.9 Å². The van der Waals surface area contributed by atoms with Crippen LogP contribution in [0.1, 0.15) is 32.1 Å². The predicted octanol–water partition coefficient (Wildman–Crippen LogP) is 2.09. The zero-order valence-electron chi connectivity index (χ0n) is 10.7. The Balaban J connectivity index is 2.36. The summed E-state index contributed by atoms with van der Waals surface area (Å²) in [6, 6.07) is 6.75. The molecule has 0 aliphatic heterocycles. The molecule has 104 valence electrons. The fraction of sp³-hybridized carbons (Fsp3) is 0.462. The summed E-state index contributed by atoms with van der Waals surface area (Å²) >= 11 is 0. The molecule has 0 radical (unpaired) electrons. The molecule has 5 nitrogen and oxygen atoms in total. The number of sulfonamides is 1. The Bertz CT molecular complexity index is 536. The molecular formula is C13H18N2O3S. The van der Waals surface area contributed by atoms with E-state index in [4.69, 9.17) is 5.73 Å². The van der Waals surface area contributed by atoms with Crippen LogP contribution in [0, 0.1) is 0 Å². The third-order valence-electron chi connectivity index (χ3n) is 3.42. The van der Waals surface area contributed by atoms with Gasteiger partial charge in [-0.2, -0.15) is 0 Å². The highest BCUT2D eigenvalue weighted by atomic mass is 32.2. The van der Waals surface area contributed by atoms with Gasteiger partial charge in [0.15, 0.2) is 0 Å². The van der Waals surface area contributed by atoms with Gasteiger partial charge in [0.25, 0.3) is 10.0 Å². The number of benzene rings is 1. The van der Waals surface area contributed by atoms with Gasteiger partial charge < -0.3 is 5.73 Å². The van der Waals surface area contributed by atoms with E-state index in [1.165, 1.54) is 12.1 Å². The number of hydrogen-bond acceptors (Lipinski definition) is 3. The number of rotatable bonds is 3. The SMILES string of the molecule is NC(=O)N(C1CCCCC1)S(=O)(=O)c1ccccc1. The van der Waals surface area contributed by atoms with Crippen molar-refractivity contribution in [3.05, 3.63) is 30.3 Å². The number of primary amides is 1. The van der Waals surface area contributed by atoms with Crippen molar-refractivity contribution >= 4 is 16.1 Å². The van der Waals surface area contributed by atoms with Crippen LogP contribution in [0.25, 0.3) is 0 Å². The highest BCUT2D eigenvalue weighted by Gasteiger charge is 2.34. The molecule has 0 saturated heterocycles. The number of amides is 2. The van der Waals surface area contributed by atoms with Crippen LogP contribution in [-0.4, -0.2) is 24.8 Å². The van der Waals surface area contributed by atoms with Gasteiger partial charge in [0.2, 0.25) is 0 Å². The van der Waals surface area contributed by atoms with Crippen molar-refractivity contribution in [2.45, 2.75) is 43.0 Å². The van der Waals surface area contributed by atoms with Gasteiger partial charge in [0.05, 0.1) is 10.9 Å². The van der Waals surface area contributed by atoms with Crippen LogP contribution in [0.15, 0.2) is 35.2 Å². The molecule has 1 aromatic carbocycles. The molecular weight excluding hydrogens is 264 g/mol. The Morgan fingerprint density at radius 3 is 2.21 bits per heavy atom. The summed E-state index contributed by atoms with van der Waals surface area (Å²) in [6.07, 6.45) is 4.32. The Morgan fingerprint density at radius 2 is 1.68 bits per heavy atom. The van der Waals surface area contributed by atoms with Gasteiger partial charge in [-0.05, 0) is 25.0 Å². The lowest BCUT2D eigenvalue weighted by Gasteiger charge is -2.32. The third kappa shape index (κ3) is 2.89. The predicted molar refractivity (Wildman–Crippen MR) is 71.9 cm³/mol. The number of carbonyl (C=O) groups excluding carboxylic acids is 1. The lowest BCUT2D eigenvalue weighted by atomic mass is 9.96. The van der Waals surface area contributed by atoms with E-state index in [9.17, 15) is 13.2 Å². The minimum absolute atomic E-state index is 0.111. The maximum absolute atomic E-state index is 12.5. The minimum atomic E-state index is -3.84. The summed E-state index contributed by atoms with van der Waals surface area (Å²) in [7, 11) is -3.84. The Hall–Kier alpha value is -1.56. The first-order chi connectivity index (χ1) is 9.03. The molecule has 2 N–H and O–H groups in total. The van der Waals surface area contributed by atoms with Crippen LogP contribution in [0.3, 0.4) is 0 Å². The number of carbonyl (C=O) groups is 1. The van der Waals surface area contributed by atoms with E-state index in [1.54, 1.807) is 18.2 Å². The molecule has 0 atom stereocenters. The second-order valence-electron chi connectivity index (χ2n) is 4.74. The fourth-order valence-electron chi connectivity index (χ4n) is 2.52. The second kappa shape index (κ2) is 5.61. The first-order valence-corrected chi connectivity index (χ1v) is 7.86. The van der Waals surface area contributed by atoms with Gasteiger partial charge in [0, 0.05) is 0 Å². The quantitative estimate of drug-likeness (QED) is 0.921. The number of urea groups is 1. The largest absolute Gasteiger partial charge is 0.351 e. The van der Waals surface area contributed by atoms with E-state index in [0.717, 1.165) is 23.6 Å². The first kappa shape index (κ1) is 13.9. The summed E-state index contributed by atoms with van der Waals surface area (Å²) in [4.78, 5) is 11.7. The number of nitrogens with two attached hydrogens (primary N) is 1. The molecule has 1 saturated carbocycles. The van der Waals surface area contributed by atoms with E-state index < -0.39 is 16.1 Å². The van der Waals surface area contributed by atoms with Crippen molar-refractivity contribution in [3.8, 4) is 0 Å². The van der Waals surface area contributed by atoms with Crippen LogP contribution in [0.4, 0.5) is 4.79 Å². The number of hydrogen-bond donors (Lipinski definition) is 1. The van der Waals surface area contributed by atoms with Crippen molar-refractivity contribution in [3.63, 3.8) is 0 Å². The van der Waals surface area contributed by atoms with Crippen LogP contribution < -0.4 is 5.73 Å². The smallest absolute Gasteiger partial charge is 0.328 e. The van der Waals surface area contributed by atoms with Gasteiger partial charge in [-0.1, -0.05) is 37.5 Å². The molecule has 0 unspecified atom stereocenters. The third-order valence-corrected chi connectivity index (χ3v) is 5.29. The van der Waals surface area contributed by atoms with Gasteiger partial charge >= 0.3 is 6.03 Å². The van der Waals surface area contributed by atoms with Crippen molar-refractivity contribution < 1.29 is 13.2 Å². The molecule has 0 aromatic heterocycles. The molecule has 1 aliphatic rings. The Labute approximate surface area is 113 Å². The molecule has 0 bridgehead atoms. The molecule has 2 rings (SSSR count). The van der Waals surface area contributed by atoms with Crippen molar-refractivity contribution in [2.24, 2.45) is 5.73 Å². The minimum Gasteiger partial charge on any atom is -0.351 e. The summed E-state index contributed by atoms with van der Waals surface area (Å²) in [5, 5.41) is 0. The highest BCUT2D eigenvalue weighted by molar-refractivity contribution is 7.89. The average molecular weight is 282 g/mol. The van der Waals surface area contributed by atoms with Gasteiger partial charge in [-0.3, -0.25) is 0 Å². The molecule has 1 aromatic rings. The molecule has 1 fully saturated rings. The summed E-state index contributed by atoms with van der Waals surface area (Å²) in [6.45, 7) is 0. The van der Waals surface area contributed by atoms with Crippen molar-refractivity contribution in [2.75, 3.05) is 0 Å². The van der Waals surface area contributed by atoms with Crippen molar-refractivity contribution in [1.29, 1.82) is 0 Å². The molecule has 1 aliphatic carbocycles. The molecule has 0 spiro atoms. The zero-order chi connectivity index (χ0) is 13.9. The van der Waals surface area contributed by atoms with E-state index in [0.29, 0.717) is 12.8 Å². The maximum atomic E-state index is 12.5. The normalized spacial score (nSPS) is 17.1. The van der Waals surface area contributed by atoms with Crippen LogP contribution in [0.2, 0.25) is 0 Å². The fourth-order valence-corrected chi connectivity index (χ4v) is 4.08. The average Bonchev–Trinajstić information content (AvgIpc) is 2.40.